The highest BCUT2D eigenvalue weighted by Crippen LogP contribution is 2.14. The van der Waals surface area contributed by atoms with E-state index in [0.717, 1.165) is 5.56 Å². The minimum atomic E-state index is -3.50. The molecule has 132 valence electrons. The predicted molar refractivity (Wildman–Crippen MR) is 101 cm³/mol. The smallest absolute Gasteiger partial charge is 0.248 e. The normalized spacial score (nSPS) is 11.6. The van der Waals surface area contributed by atoms with Crippen LogP contribution in [-0.4, -0.2) is 20.9 Å². The third-order valence-corrected chi connectivity index (χ3v) is 5.00. The third kappa shape index (κ3) is 6.01. The molecule has 0 saturated heterocycles. The number of hydrogen-bond donors (Lipinski definition) is 2. The van der Waals surface area contributed by atoms with Crippen LogP contribution in [0.2, 0.25) is 5.02 Å². The van der Waals surface area contributed by atoms with Crippen LogP contribution in [0.4, 0.5) is 5.69 Å². The zero-order chi connectivity index (χ0) is 18.3. The number of sulfonamides is 1. The SMILES string of the molecule is CCCNS(=O)(=O)c1ccc(NC(=O)/C=C/c2ccc(Cl)cc2)cc1. The fraction of sp³-hybridized carbons (Fsp3) is 0.167. The molecule has 0 bridgehead atoms. The molecule has 25 heavy (non-hydrogen) atoms. The van der Waals surface area contributed by atoms with Gasteiger partial charge in [-0.3, -0.25) is 4.79 Å². The summed E-state index contributed by atoms with van der Waals surface area (Å²) in [4.78, 5) is 12.1. The van der Waals surface area contributed by atoms with Gasteiger partial charge >= 0.3 is 0 Å². The highest BCUT2D eigenvalue weighted by Gasteiger charge is 2.12. The molecule has 0 unspecified atom stereocenters. The summed E-state index contributed by atoms with van der Waals surface area (Å²) in [5, 5.41) is 3.31. The molecule has 0 heterocycles. The standard InChI is InChI=1S/C18H19ClN2O3S/c1-2-13-20-25(23,24)17-10-8-16(9-11-17)21-18(22)12-5-14-3-6-15(19)7-4-14/h3-12,20H,2,13H2,1H3,(H,21,22)/b12-5+. The molecule has 0 aliphatic heterocycles. The molecule has 0 atom stereocenters. The van der Waals surface area contributed by atoms with Gasteiger partial charge in [-0.15, -0.1) is 0 Å². The first-order valence-electron chi connectivity index (χ1n) is 7.75. The number of carbonyl (C=O) groups excluding carboxylic acids is 1. The van der Waals surface area contributed by atoms with Gasteiger partial charge in [-0.2, -0.15) is 0 Å². The molecule has 2 N–H and O–H groups in total. The lowest BCUT2D eigenvalue weighted by Crippen LogP contribution is -2.24. The van der Waals surface area contributed by atoms with E-state index in [1.807, 2.05) is 6.92 Å². The largest absolute Gasteiger partial charge is 0.323 e. The second-order valence-corrected chi connectivity index (χ2v) is 7.50. The van der Waals surface area contributed by atoms with E-state index < -0.39 is 10.0 Å². The molecule has 0 aliphatic rings. The van der Waals surface area contributed by atoms with Gasteiger partial charge in [0.2, 0.25) is 15.9 Å². The summed E-state index contributed by atoms with van der Waals surface area (Å²) in [6.45, 7) is 2.27. The maximum absolute atomic E-state index is 12.0. The number of nitrogens with one attached hydrogen (secondary N) is 2. The van der Waals surface area contributed by atoms with Crippen LogP contribution in [0, 0.1) is 0 Å². The van der Waals surface area contributed by atoms with Crippen LogP contribution in [0.3, 0.4) is 0 Å². The molecule has 7 heteroatoms. The van der Waals surface area contributed by atoms with Crippen LogP contribution in [-0.2, 0) is 14.8 Å². The van der Waals surface area contributed by atoms with E-state index in [4.69, 9.17) is 11.6 Å². The minimum absolute atomic E-state index is 0.163. The Labute approximate surface area is 152 Å². The molecule has 1 amide bonds. The lowest BCUT2D eigenvalue weighted by molar-refractivity contribution is -0.111. The lowest BCUT2D eigenvalue weighted by Gasteiger charge is -2.07. The van der Waals surface area contributed by atoms with Gasteiger partial charge in [-0.1, -0.05) is 30.7 Å². The van der Waals surface area contributed by atoms with E-state index in [1.165, 1.54) is 18.2 Å². The van der Waals surface area contributed by atoms with Crippen LogP contribution in [0.5, 0.6) is 0 Å². The third-order valence-electron chi connectivity index (χ3n) is 3.27. The van der Waals surface area contributed by atoms with Gasteiger partial charge in [0, 0.05) is 23.3 Å². The highest BCUT2D eigenvalue weighted by atomic mass is 35.5. The predicted octanol–water partition coefficient (Wildman–Crippen LogP) is 3.68. The molecule has 2 rings (SSSR count). The summed E-state index contributed by atoms with van der Waals surface area (Å²) in [7, 11) is -3.50. The first-order chi connectivity index (χ1) is 11.9. The van der Waals surface area contributed by atoms with Crippen molar-refractivity contribution in [3.63, 3.8) is 0 Å². The molecule has 0 radical (unpaired) electrons. The summed E-state index contributed by atoms with van der Waals surface area (Å²) in [5.74, 6) is -0.310. The molecule has 0 aromatic heterocycles. The van der Waals surface area contributed by atoms with Crippen molar-refractivity contribution in [1.82, 2.24) is 4.72 Å². The molecular weight excluding hydrogens is 360 g/mol. The van der Waals surface area contributed by atoms with Crippen molar-refractivity contribution in [1.29, 1.82) is 0 Å². The number of carbonyl (C=O) groups is 1. The van der Waals surface area contributed by atoms with Gasteiger partial charge < -0.3 is 5.32 Å². The van der Waals surface area contributed by atoms with Crippen molar-refractivity contribution < 1.29 is 13.2 Å². The van der Waals surface area contributed by atoms with E-state index in [1.54, 1.807) is 42.5 Å². The number of hydrogen-bond acceptors (Lipinski definition) is 3. The fourth-order valence-electron chi connectivity index (χ4n) is 1.97. The van der Waals surface area contributed by atoms with E-state index >= 15 is 0 Å². The molecule has 5 nitrogen and oxygen atoms in total. The molecule has 0 spiro atoms. The highest BCUT2D eigenvalue weighted by molar-refractivity contribution is 7.89. The van der Waals surface area contributed by atoms with Crippen molar-refractivity contribution in [3.05, 3.63) is 65.2 Å². The summed E-state index contributed by atoms with van der Waals surface area (Å²) in [6.07, 6.45) is 3.78. The van der Waals surface area contributed by atoms with Crippen LogP contribution in [0.15, 0.2) is 59.5 Å². The topological polar surface area (TPSA) is 75.3 Å². The van der Waals surface area contributed by atoms with Gasteiger partial charge in [-0.25, -0.2) is 13.1 Å². The number of rotatable bonds is 7. The Bertz CT molecular complexity index is 845. The molecule has 0 fully saturated rings. The molecular formula is C18H19ClN2O3S. The number of anilines is 1. The Kier molecular flexibility index (Phi) is 6.75. The Morgan fingerprint density at radius 3 is 2.32 bits per heavy atom. The van der Waals surface area contributed by atoms with Crippen molar-refractivity contribution in [2.24, 2.45) is 0 Å². The summed E-state index contributed by atoms with van der Waals surface area (Å²) in [6, 6.07) is 13.1. The number of benzene rings is 2. The van der Waals surface area contributed by atoms with Crippen LogP contribution >= 0.6 is 11.6 Å². The average Bonchev–Trinajstić information content (AvgIpc) is 2.60. The summed E-state index contributed by atoms with van der Waals surface area (Å²) in [5.41, 5.74) is 1.36. The lowest BCUT2D eigenvalue weighted by atomic mass is 10.2. The Morgan fingerprint density at radius 1 is 1.08 bits per heavy atom. The Morgan fingerprint density at radius 2 is 1.72 bits per heavy atom. The molecule has 0 saturated carbocycles. The first kappa shape index (κ1) is 19.2. The van der Waals surface area contributed by atoms with E-state index in [-0.39, 0.29) is 10.8 Å². The zero-order valence-electron chi connectivity index (χ0n) is 13.7. The average molecular weight is 379 g/mol. The summed E-state index contributed by atoms with van der Waals surface area (Å²) >= 11 is 5.80. The maximum Gasteiger partial charge on any atom is 0.248 e. The van der Waals surface area contributed by atoms with Crippen molar-refractivity contribution in [3.8, 4) is 0 Å². The Hall–Kier alpha value is -2.15. The van der Waals surface area contributed by atoms with Gasteiger partial charge in [0.25, 0.3) is 0 Å². The van der Waals surface area contributed by atoms with Gasteiger partial charge in [0.05, 0.1) is 4.90 Å². The van der Waals surface area contributed by atoms with Crippen molar-refractivity contribution >= 4 is 39.3 Å². The van der Waals surface area contributed by atoms with Crippen LogP contribution < -0.4 is 10.0 Å². The molecule has 2 aromatic carbocycles. The maximum atomic E-state index is 12.0. The summed E-state index contributed by atoms with van der Waals surface area (Å²) < 4.78 is 26.5. The van der Waals surface area contributed by atoms with Crippen LogP contribution in [0.25, 0.3) is 6.08 Å². The fourth-order valence-corrected chi connectivity index (χ4v) is 3.23. The van der Waals surface area contributed by atoms with E-state index in [9.17, 15) is 13.2 Å². The van der Waals surface area contributed by atoms with Gasteiger partial charge in [-0.05, 0) is 54.5 Å². The molecule has 2 aromatic rings. The van der Waals surface area contributed by atoms with Crippen molar-refractivity contribution in [2.45, 2.75) is 18.2 Å². The Balaban J connectivity index is 1.98. The second-order valence-electron chi connectivity index (χ2n) is 5.30. The number of halogens is 1. The molecule has 0 aliphatic carbocycles. The van der Waals surface area contributed by atoms with Crippen LogP contribution in [0.1, 0.15) is 18.9 Å². The first-order valence-corrected chi connectivity index (χ1v) is 9.61. The second kappa shape index (κ2) is 8.80. The number of amides is 1. The monoisotopic (exact) mass is 378 g/mol. The van der Waals surface area contributed by atoms with Crippen molar-refractivity contribution in [2.75, 3.05) is 11.9 Å². The van der Waals surface area contributed by atoms with Gasteiger partial charge in [0.1, 0.15) is 0 Å². The zero-order valence-corrected chi connectivity index (χ0v) is 15.3. The van der Waals surface area contributed by atoms with Gasteiger partial charge in [0.15, 0.2) is 0 Å². The van der Waals surface area contributed by atoms with E-state index in [0.29, 0.717) is 23.7 Å². The van der Waals surface area contributed by atoms with E-state index in [2.05, 4.69) is 10.0 Å². The minimum Gasteiger partial charge on any atom is -0.323 e. The quantitative estimate of drug-likeness (QED) is 0.721.